The minimum absolute atomic E-state index is 0.133. The van der Waals surface area contributed by atoms with E-state index in [4.69, 9.17) is 0 Å². The maximum atomic E-state index is 12.2. The third-order valence-corrected chi connectivity index (χ3v) is 6.02. The number of likely N-dealkylation sites (tertiary alicyclic amines) is 1. The van der Waals surface area contributed by atoms with Crippen molar-refractivity contribution in [1.82, 2.24) is 10.2 Å². The molecule has 3 aromatic carbocycles. The van der Waals surface area contributed by atoms with Gasteiger partial charge in [-0.25, -0.2) is 4.79 Å². The Bertz CT molecular complexity index is 949. The van der Waals surface area contributed by atoms with Crippen molar-refractivity contribution in [1.29, 1.82) is 0 Å². The summed E-state index contributed by atoms with van der Waals surface area (Å²) < 4.78 is 0. The first-order valence-corrected chi connectivity index (χ1v) is 11.1. The summed E-state index contributed by atoms with van der Waals surface area (Å²) in [5, 5.41) is 8.23. The summed E-state index contributed by atoms with van der Waals surface area (Å²) in [4.78, 5) is 14.7. The molecule has 0 saturated carbocycles. The van der Waals surface area contributed by atoms with Crippen molar-refractivity contribution in [3.05, 3.63) is 78.4 Å². The van der Waals surface area contributed by atoms with E-state index in [2.05, 4.69) is 58.0 Å². The van der Waals surface area contributed by atoms with Crippen LogP contribution in [-0.4, -0.2) is 37.1 Å². The normalized spacial score (nSPS) is 15.2. The molecular weight excluding hydrogens is 370 g/mol. The highest BCUT2D eigenvalue weighted by Crippen LogP contribution is 2.22. The van der Waals surface area contributed by atoms with Crippen LogP contribution < -0.4 is 10.6 Å². The second kappa shape index (κ2) is 10.3. The first-order valence-electron chi connectivity index (χ1n) is 11.1. The maximum Gasteiger partial charge on any atom is 0.319 e. The number of nitrogens with zero attached hydrogens (tertiary/aromatic N) is 1. The fourth-order valence-corrected chi connectivity index (χ4v) is 4.31. The zero-order valence-electron chi connectivity index (χ0n) is 17.5. The average molecular weight is 402 g/mol. The molecule has 0 aromatic heterocycles. The number of benzene rings is 3. The van der Waals surface area contributed by atoms with Crippen LogP contribution in [0.4, 0.5) is 10.5 Å². The van der Waals surface area contributed by atoms with Crippen LogP contribution in [0.2, 0.25) is 0 Å². The number of urea groups is 1. The lowest BCUT2D eigenvalue weighted by Crippen LogP contribution is -2.37. The molecule has 0 bridgehead atoms. The number of carbonyl (C=O) groups excluding carboxylic acids is 1. The second-order valence-corrected chi connectivity index (χ2v) is 8.27. The SMILES string of the molecule is O=C(NCCCN1CCC(Cc2ccccc2)CC1)Nc1ccc2ccccc2c1. The number of rotatable bonds is 7. The molecule has 1 aliphatic heterocycles. The molecule has 1 fully saturated rings. The van der Waals surface area contributed by atoms with Crippen LogP contribution in [0, 0.1) is 5.92 Å². The van der Waals surface area contributed by atoms with Crippen LogP contribution >= 0.6 is 0 Å². The van der Waals surface area contributed by atoms with Crippen molar-refractivity contribution in [2.45, 2.75) is 25.7 Å². The molecule has 4 nitrogen and oxygen atoms in total. The molecule has 1 heterocycles. The molecule has 4 rings (SSSR count). The van der Waals surface area contributed by atoms with Gasteiger partial charge in [-0.2, -0.15) is 0 Å². The van der Waals surface area contributed by atoms with Gasteiger partial charge in [-0.05, 0) is 79.7 Å². The van der Waals surface area contributed by atoms with Gasteiger partial charge in [-0.15, -0.1) is 0 Å². The van der Waals surface area contributed by atoms with E-state index in [1.54, 1.807) is 0 Å². The van der Waals surface area contributed by atoms with E-state index in [9.17, 15) is 4.79 Å². The Morgan fingerprint density at radius 2 is 1.63 bits per heavy atom. The lowest BCUT2D eigenvalue weighted by Gasteiger charge is -2.32. The lowest BCUT2D eigenvalue weighted by atomic mass is 9.90. The van der Waals surface area contributed by atoms with E-state index in [0.717, 1.165) is 30.0 Å². The second-order valence-electron chi connectivity index (χ2n) is 8.27. The summed E-state index contributed by atoms with van der Waals surface area (Å²) in [5.41, 5.74) is 2.28. The number of nitrogens with one attached hydrogen (secondary N) is 2. The Morgan fingerprint density at radius 3 is 2.43 bits per heavy atom. The van der Waals surface area contributed by atoms with Crippen molar-refractivity contribution < 1.29 is 4.79 Å². The van der Waals surface area contributed by atoms with E-state index < -0.39 is 0 Å². The highest BCUT2D eigenvalue weighted by molar-refractivity contribution is 5.93. The Labute approximate surface area is 179 Å². The zero-order chi connectivity index (χ0) is 20.6. The highest BCUT2D eigenvalue weighted by atomic mass is 16.2. The number of piperidine rings is 1. The van der Waals surface area contributed by atoms with Gasteiger partial charge in [0.25, 0.3) is 0 Å². The number of amides is 2. The van der Waals surface area contributed by atoms with Crippen molar-refractivity contribution in [3.8, 4) is 0 Å². The third-order valence-electron chi connectivity index (χ3n) is 6.02. The van der Waals surface area contributed by atoms with E-state index >= 15 is 0 Å². The quantitative estimate of drug-likeness (QED) is 0.527. The standard InChI is InChI=1S/C26H31N3O/c30-26(28-25-12-11-23-9-4-5-10-24(23)20-25)27-15-6-16-29-17-13-22(14-18-29)19-21-7-2-1-3-8-21/h1-5,7-12,20,22H,6,13-19H2,(H2,27,28,30). The summed E-state index contributed by atoms with van der Waals surface area (Å²) in [6.45, 7) is 4.08. The van der Waals surface area contributed by atoms with Gasteiger partial charge in [0.1, 0.15) is 0 Å². The summed E-state index contributed by atoms with van der Waals surface area (Å²) >= 11 is 0. The number of fused-ring (bicyclic) bond motifs is 1. The number of hydrogen-bond acceptors (Lipinski definition) is 2. The van der Waals surface area contributed by atoms with Crippen LogP contribution in [0.15, 0.2) is 72.8 Å². The molecule has 0 radical (unpaired) electrons. The molecule has 2 amide bonds. The predicted molar refractivity (Wildman–Crippen MR) is 125 cm³/mol. The van der Waals surface area contributed by atoms with Gasteiger partial charge in [0.05, 0.1) is 0 Å². The Balaban J connectivity index is 1.12. The predicted octanol–water partition coefficient (Wildman–Crippen LogP) is 5.31. The topological polar surface area (TPSA) is 44.4 Å². The fraction of sp³-hybridized carbons (Fsp3) is 0.346. The number of anilines is 1. The fourth-order valence-electron chi connectivity index (χ4n) is 4.31. The van der Waals surface area contributed by atoms with Crippen LogP contribution in [0.1, 0.15) is 24.8 Å². The van der Waals surface area contributed by atoms with E-state index in [1.165, 1.54) is 43.3 Å². The zero-order valence-corrected chi connectivity index (χ0v) is 17.5. The molecule has 30 heavy (non-hydrogen) atoms. The molecule has 0 aliphatic carbocycles. The monoisotopic (exact) mass is 401 g/mol. The first-order chi connectivity index (χ1) is 14.8. The number of hydrogen-bond donors (Lipinski definition) is 2. The van der Waals surface area contributed by atoms with Gasteiger partial charge in [-0.1, -0.05) is 60.7 Å². The van der Waals surface area contributed by atoms with Gasteiger partial charge in [0.15, 0.2) is 0 Å². The van der Waals surface area contributed by atoms with Crippen LogP contribution in [0.5, 0.6) is 0 Å². The largest absolute Gasteiger partial charge is 0.338 e. The van der Waals surface area contributed by atoms with Crippen molar-refractivity contribution in [3.63, 3.8) is 0 Å². The summed E-state index contributed by atoms with van der Waals surface area (Å²) in [5.74, 6) is 0.800. The van der Waals surface area contributed by atoms with E-state index in [-0.39, 0.29) is 6.03 Å². The Hall–Kier alpha value is -2.85. The first kappa shape index (κ1) is 20.4. The van der Waals surface area contributed by atoms with E-state index in [0.29, 0.717) is 6.54 Å². The highest BCUT2D eigenvalue weighted by Gasteiger charge is 2.19. The summed E-state index contributed by atoms with van der Waals surface area (Å²) in [6.07, 6.45) is 4.72. The maximum absolute atomic E-state index is 12.2. The lowest BCUT2D eigenvalue weighted by molar-refractivity contribution is 0.182. The van der Waals surface area contributed by atoms with Crippen molar-refractivity contribution in [2.24, 2.45) is 5.92 Å². The Morgan fingerprint density at radius 1 is 0.900 bits per heavy atom. The van der Waals surface area contributed by atoms with Gasteiger partial charge < -0.3 is 15.5 Å². The Kier molecular flexibility index (Phi) is 6.99. The van der Waals surface area contributed by atoms with Gasteiger partial charge in [0.2, 0.25) is 0 Å². The molecule has 0 atom stereocenters. The molecule has 4 heteroatoms. The van der Waals surface area contributed by atoms with Crippen LogP contribution in [0.25, 0.3) is 10.8 Å². The van der Waals surface area contributed by atoms with E-state index in [1.807, 2.05) is 30.3 Å². The van der Waals surface area contributed by atoms with Crippen LogP contribution in [0.3, 0.4) is 0 Å². The smallest absolute Gasteiger partial charge is 0.319 e. The molecule has 0 spiro atoms. The van der Waals surface area contributed by atoms with Crippen LogP contribution in [-0.2, 0) is 6.42 Å². The van der Waals surface area contributed by atoms with Crippen molar-refractivity contribution >= 4 is 22.5 Å². The van der Waals surface area contributed by atoms with Gasteiger partial charge in [0, 0.05) is 12.2 Å². The molecule has 2 N–H and O–H groups in total. The van der Waals surface area contributed by atoms with Gasteiger partial charge in [-0.3, -0.25) is 0 Å². The van der Waals surface area contributed by atoms with Crippen molar-refractivity contribution in [2.75, 3.05) is 31.5 Å². The minimum atomic E-state index is -0.133. The minimum Gasteiger partial charge on any atom is -0.338 e. The summed E-state index contributed by atoms with van der Waals surface area (Å²) in [6, 6.07) is 24.8. The molecule has 156 valence electrons. The summed E-state index contributed by atoms with van der Waals surface area (Å²) in [7, 11) is 0. The number of carbonyl (C=O) groups is 1. The molecule has 3 aromatic rings. The van der Waals surface area contributed by atoms with Gasteiger partial charge >= 0.3 is 6.03 Å². The third kappa shape index (κ3) is 5.83. The molecule has 1 aliphatic rings. The molecule has 0 unspecified atom stereocenters. The average Bonchev–Trinajstić information content (AvgIpc) is 2.78. The molecular formula is C26H31N3O. The molecule has 1 saturated heterocycles.